The van der Waals surface area contributed by atoms with Gasteiger partial charge >= 0.3 is 0 Å². The summed E-state index contributed by atoms with van der Waals surface area (Å²) in [6, 6.07) is 6.97. The topological polar surface area (TPSA) is 44.8 Å². The quantitative estimate of drug-likeness (QED) is 0.744. The van der Waals surface area contributed by atoms with E-state index in [2.05, 4.69) is 10.2 Å². The highest BCUT2D eigenvalue weighted by Gasteiger charge is 2.25. The Hall–Kier alpha value is -1.50. The summed E-state index contributed by atoms with van der Waals surface area (Å²) in [6.07, 6.45) is 0.889. The SMILES string of the molecule is CC.CCNCC(c1ccccc1F)N1CCN(C=O)CC1.COC(C)(C)C. The molecule has 1 aromatic carbocycles. The van der Waals surface area contributed by atoms with Crippen molar-refractivity contribution in [3.63, 3.8) is 0 Å². The van der Waals surface area contributed by atoms with E-state index in [4.69, 9.17) is 4.74 Å². The highest BCUT2D eigenvalue weighted by molar-refractivity contribution is 5.47. The van der Waals surface area contributed by atoms with Crippen molar-refractivity contribution >= 4 is 6.41 Å². The number of rotatable bonds is 6. The van der Waals surface area contributed by atoms with Gasteiger partial charge in [-0.15, -0.1) is 0 Å². The van der Waals surface area contributed by atoms with Crippen LogP contribution in [-0.2, 0) is 9.53 Å². The van der Waals surface area contributed by atoms with E-state index >= 15 is 0 Å². The maximum Gasteiger partial charge on any atom is 0.209 e. The Kier molecular flexibility index (Phi) is 13.7. The monoisotopic (exact) mass is 397 g/mol. The first-order valence-electron chi connectivity index (χ1n) is 10.3. The van der Waals surface area contributed by atoms with Crippen LogP contribution < -0.4 is 5.32 Å². The number of benzene rings is 1. The summed E-state index contributed by atoms with van der Waals surface area (Å²) in [7, 11) is 1.71. The van der Waals surface area contributed by atoms with Crippen molar-refractivity contribution in [2.75, 3.05) is 46.4 Å². The number of hydrogen-bond acceptors (Lipinski definition) is 4. The first-order chi connectivity index (χ1) is 13.3. The molecule has 1 fully saturated rings. The number of carbonyl (C=O) groups is 1. The minimum absolute atomic E-state index is 0.0185. The molecular formula is C22H40FN3O2. The van der Waals surface area contributed by atoms with Gasteiger partial charge in [-0.2, -0.15) is 0 Å². The minimum Gasteiger partial charge on any atom is -0.379 e. The lowest BCUT2D eigenvalue weighted by Crippen LogP contribution is -2.49. The van der Waals surface area contributed by atoms with Crippen LogP contribution in [0.15, 0.2) is 24.3 Å². The number of nitrogens with zero attached hydrogens (tertiary/aromatic N) is 2. The summed E-state index contributed by atoms with van der Waals surface area (Å²) >= 11 is 0. The number of amides is 1. The smallest absolute Gasteiger partial charge is 0.209 e. The molecule has 1 heterocycles. The molecule has 2 rings (SSSR count). The van der Waals surface area contributed by atoms with Gasteiger partial charge in [-0.25, -0.2) is 4.39 Å². The van der Waals surface area contributed by atoms with Gasteiger partial charge in [-0.1, -0.05) is 39.0 Å². The summed E-state index contributed by atoms with van der Waals surface area (Å²) in [4.78, 5) is 14.8. The number of piperazine rings is 1. The van der Waals surface area contributed by atoms with Gasteiger partial charge in [0.1, 0.15) is 5.82 Å². The van der Waals surface area contributed by atoms with Gasteiger partial charge in [0.25, 0.3) is 0 Å². The highest BCUT2D eigenvalue weighted by Crippen LogP contribution is 2.24. The molecule has 0 saturated carbocycles. The standard InChI is InChI=1S/C15H22FN3O.C5H12O.C2H6/c1-2-17-11-15(13-5-3-4-6-14(13)16)19-9-7-18(12-20)8-10-19;1-5(2,3)6-4;1-2/h3-6,12,15,17H,2,7-11H2,1H3;1-4H3;1-2H3. The number of likely N-dealkylation sites (N-methyl/N-ethyl adjacent to an activating group) is 1. The van der Waals surface area contributed by atoms with E-state index in [1.165, 1.54) is 6.07 Å². The summed E-state index contributed by atoms with van der Waals surface area (Å²) in [6.45, 7) is 16.7. The lowest BCUT2D eigenvalue weighted by Gasteiger charge is -2.38. The van der Waals surface area contributed by atoms with Crippen molar-refractivity contribution < 1.29 is 13.9 Å². The average Bonchev–Trinajstić information content (AvgIpc) is 2.71. The molecule has 0 aliphatic carbocycles. The lowest BCUT2D eigenvalue weighted by molar-refractivity contribution is -0.120. The fourth-order valence-corrected chi connectivity index (χ4v) is 2.62. The third-order valence-electron chi connectivity index (χ3n) is 4.40. The fraction of sp³-hybridized carbons (Fsp3) is 0.682. The van der Waals surface area contributed by atoms with Crippen LogP contribution in [0.1, 0.15) is 53.1 Å². The Morgan fingerprint density at radius 1 is 1.18 bits per heavy atom. The maximum atomic E-state index is 14.0. The van der Waals surface area contributed by atoms with Gasteiger partial charge in [0.05, 0.1) is 11.6 Å². The fourth-order valence-electron chi connectivity index (χ4n) is 2.62. The van der Waals surface area contributed by atoms with Crippen LogP contribution in [0.2, 0.25) is 0 Å². The van der Waals surface area contributed by atoms with Gasteiger partial charge in [0.15, 0.2) is 0 Å². The molecule has 1 saturated heterocycles. The van der Waals surface area contributed by atoms with Crippen molar-refractivity contribution in [1.82, 2.24) is 15.1 Å². The highest BCUT2D eigenvalue weighted by atomic mass is 19.1. The Bertz CT molecular complexity index is 527. The molecule has 162 valence electrons. The summed E-state index contributed by atoms with van der Waals surface area (Å²) in [5.74, 6) is -0.159. The van der Waals surface area contributed by atoms with Crippen molar-refractivity contribution in [1.29, 1.82) is 0 Å². The van der Waals surface area contributed by atoms with E-state index in [-0.39, 0.29) is 17.5 Å². The molecule has 1 unspecified atom stereocenters. The molecule has 1 aliphatic rings. The van der Waals surface area contributed by atoms with Crippen LogP contribution in [0.25, 0.3) is 0 Å². The lowest BCUT2D eigenvalue weighted by atomic mass is 10.0. The molecule has 1 aliphatic heterocycles. The molecule has 0 bridgehead atoms. The van der Waals surface area contributed by atoms with Gasteiger partial charge in [-0.05, 0) is 33.4 Å². The third-order valence-corrected chi connectivity index (χ3v) is 4.40. The van der Waals surface area contributed by atoms with Gasteiger partial charge in [0.2, 0.25) is 6.41 Å². The molecule has 0 spiro atoms. The van der Waals surface area contributed by atoms with Crippen molar-refractivity contribution in [2.24, 2.45) is 0 Å². The molecule has 1 aromatic rings. The Labute approximate surface area is 171 Å². The molecule has 6 heteroatoms. The summed E-state index contributed by atoms with van der Waals surface area (Å²) in [5, 5.41) is 3.31. The Balaban J connectivity index is 0.000000780. The predicted molar refractivity (Wildman–Crippen MR) is 115 cm³/mol. The Morgan fingerprint density at radius 3 is 2.14 bits per heavy atom. The van der Waals surface area contributed by atoms with Crippen LogP contribution in [-0.4, -0.2) is 68.2 Å². The number of hydrogen-bond donors (Lipinski definition) is 1. The van der Waals surface area contributed by atoms with Crippen LogP contribution in [0.4, 0.5) is 4.39 Å². The zero-order valence-electron chi connectivity index (χ0n) is 18.8. The molecule has 5 nitrogen and oxygen atoms in total. The second kappa shape index (κ2) is 14.5. The number of methoxy groups -OCH3 is 1. The second-order valence-corrected chi connectivity index (χ2v) is 7.34. The summed E-state index contributed by atoms with van der Waals surface area (Å²) < 4.78 is 19.0. The van der Waals surface area contributed by atoms with Gasteiger partial charge in [-0.3, -0.25) is 9.69 Å². The molecular weight excluding hydrogens is 357 g/mol. The number of nitrogens with one attached hydrogen (secondary N) is 1. The van der Waals surface area contributed by atoms with E-state index in [1.807, 2.05) is 53.7 Å². The van der Waals surface area contributed by atoms with Crippen LogP contribution in [0.3, 0.4) is 0 Å². The van der Waals surface area contributed by atoms with Gasteiger partial charge < -0.3 is 15.0 Å². The number of ether oxygens (including phenoxy) is 1. The van der Waals surface area contributed by atoms with Crippen molar-refractivity contribution in [3.8, 4) is 0 Å². The average molecular weight is 398 g/mol. The van der Waals surface area contributed by atoms with E-state index in [0.29, 0.717) is 13.1 Å². The van der Waals surface area contributed by atoms with Crippen molar-refractivity contribution in [3.05, 3.63) is 35.6 Å². The van der Waals surface area contributed by atoms with E-state index < -0.39 is 0 Å². The normalized spacial score (nSPS) is 15.6. The van der Waals surface area contributed by atoms with Crippen molar-refractivity contribution in [2.45, 2.75) is 53.2 Å². The number of carbonyl (C=O) groups excluding carboxylic acids is 1. The van der Waals surface area contributed by atoms with E-state index in [1.54, 1.807) is 18.1 Å². The largest absolute Gasteiger partial charge is 0.379 e. The molecule has 0 aromatic heterocycles. The molecule has 0 radical (unpaired) electrons. The zero-order chi connectivity index (χ0) is 21.6. The van der Waals surface area contributed by atoms with Gasteiger partial charge in [0, 0.05) is 45.4 Å². The number of halogens is 1. The molecule has 1 atom stereocenters. The first-order valence-corrected chi connectivity index (χ1v) is 10.3. The maximum absolute atomic E-state index is 14.0. The van der Waals surface area contributed by atoms with E-state index in [9.17, 15) is 9.18 Å². The Morgan fingerprint density at radius 2 is 1.71 bits per heavy atom. The summed E-state index contributed by atoms with van der Waals surface area (Å²) in [5.41, 5.74) is 0.771. The second-order valence-electron chi connectivity index (χ2n) is 7.34. The van der Waals surface area contributed by atoms with E-state index in [0.717, 1.165) is 38.2 Å². The minimum atomic E-state index is -0.159. The molecule has 1 N–H and O–H groups in total. The predicted octanol–water partition coefficient (Wildman–Crippen LogP) is 3.71. The zero-order valence-corrected chi connectivity index (χ0v) is 18.8. The molecule has 28 heavy (non-hydrogen) atoms. The first kappa shape index (κ1) is 26.5. The molecule has 1 amide bonds. The van der Waals surface area contributed by atoms with Crippen LogP contribution >= 0.6 is 0 Å². The van der Waals surface area contributed by atoms with Crippen LogP contribution in [0.5, 0.6) is 0 Å². The third kappa shape index (κ3) is 10.2. The van der Waals surface area contributed by atoms with Crippen LogP contribution in [0, 0.1) is 5.82 Å².